The number of nitrogens with zero attached hydrogens (tertiary/aromatic N) is 1. The number of aliphatic hydroxyl groups is 2. The van der Waals surface area contributed by atoms with Crippen molar-refractivity contribution in [2.45, 2.75) is 25.0 Å². The van der Waals surface area contributed by atoms with Gasteiger partial charge < -0.3 is 15.1 Å². The Hall–Kier alpha value is -1.17. The fraction of sp³-hybridized carbons (Fsp3) is 0.462. The van der Waals surface area contributed by atoms with E-state index in [1.54, 1.807) is 0 Å². The highest BCUT2D eigenvalue weighted by molar-refractivity contribution is 6.31. The Balaban J connectivity index is 2.19. The molecule has 1 aliphatic heterocycles. The number of amides is 1. The van der Waals surface area contributed by atoms with Crippen molar-refractivity contribution < 1.29 is 19.4 Å². The average molecular weight is 288 g/mol. The fourth-order valence-corrected chi connectivity index (χ4v) is 2.21. The van der Waals surface area contributed by atoms with E-state index in [1.165, 1.54) is 24.0 Å². The summed E-state index contributed by atoms with van der Waals surface area (Å²) in [6.45, 7) is 1.74. The van der Waals surface area contributed by atoms with Crippen LogP contribution < -0.4 is 0 Å². The first-order valence-corrected chi connectivity index (χ1v) is 6.34. The molecule has 1 aromatic rings. The standard InChI is InChI=1S/C13H15ClFNO3/c1-13(19)4-5-16(7-11(13)17)12(18)9-6-8(14)2-3-10(9)15/h2-3,6,11,17,19H,4-5,7H2,1H3/t11-,13+/m0/s1. The Morgan fingerprint density at radius 2 is 2.26 bits per heavy atom. The van der Waals surface area contributed by atoms with E-state index in [2.05, 4.69) is 0 Å². The van der Waals surface area contributed by atoms with Crippen LogP contribution in [0.5, 0.6) is 0 Å². The molecule has 1 amide bonds. The molecule has 1 saturated heterocycles. The van der Waals surface area contributed by atoms with Gasteiger partial charge in [0.2, 0.25) is 0 Å². The Morgan fingerprint density at radius 3 is 2.89 bits per heavy atom. The number of hydrogen-bond donors (Lipinski definition) is 2. The van der Waals surface area contributed by atoms with E-state index >= 15 is 0 Å². The summed E-state index contributed by atoms with van der Waals surface area (Å²) in [5.74, 6) is -1.18. The number of piperidine rings is 1. The van der Waals surface area contributed by atoms with Gasteiger partial charge in [0.05, 0.1) is 17.3 Å². The third kappa shape index (κ3) is 2.88. The summed E-state index contributed by atoms with van der Waals surface area (Å²) in [4.78, 5) is 13.5. The van der Waals surface area contributed by atoms with Crippen molar-refractivity contribution in [3.8, 4) is 0 Å². The number of benzene rings is 1. The van der Waals surface area contributed by atoms with Gasteiger partial charge in [-0.2, -0.15) is 0 Å². The number of hydrogen-bond acceptors (Lipinski definition) is 3. The Labute approximate surface area is 115 Å². The molecular weight excluding hydrogens is 273 g/mol. The van der Waals surface area contributed by atoms with E-state index < -0.39 is 23.4 Å². The van der Waals surface area contributed by atoms with Crippen molar-refractivity contribution in [2.24, 2.45) is 0 Å². The molecular formula is C13H15ClFNO3. The molecule has 1 fully saturated rings. The summed E-state index contributed by atoms with van der Waals surface area (Å²) < 4.78 is 13.6. The molecule has 0 bridgehead atoms. The highest BCUT2D eigenvalue weighted by Crippen LogP contribution is 2.24. The van der Waals surface area contributed by atoms with Gasteiger partial charge in [0.25, 0.3) is 5.91 Å². The summed E-state index contributed by atoms with van der Waals surface area (Å²) >= 11 is 5.75. The van der Waals surface area contributed by atoms with Crippen LogP contribution >= 0.6 is 11.6 Å². The zero-order valence-corrected chi connectivity index (χ0v) is 11.2. The van der Waals surface area contributed by atoms with Crippen molar-refractivity contribution in [1.29, 1.82) is 0 Å². The predicted molar refractivity (Wildman–Crippen MR) is 68.6 cm³/mol. The van der Waals surface area contributed by atoms with Gasteiger partial charge in [-0.05, 0) is 31.5 Å². The molecule has 2 rings (SSSR count). The van der Waals surface area contributed by atoms with Crippen LogP contribution in [0.15, 0.2) is 18.2 Å². The lowest BCUT2D eigenvalue weighted by Crippen LogP contribution is -2.55. The smallest absolute Gasteiger partial charge is 0.256 e. The second-order valence-corrected chi connectivity index (χ2v) is 5.43. The summed E-state index contributed by atoms with van der Waals surface area (Å²) in [6, 6.07) is 3.76. The third-order valence-electron chi connectivity index (χ3n) is 3.45. The SMILES string of the molecule is C[C@@]1(O)CCN(C(=O)c2cc(Cl)ccc2F)C[C@@H]1O. The first-order valence-electron chi connectivity index (χ1n) is 5.96. The third-order valence-corrected chi connectivity index (χ3v) is 3.68. The van der Waals surface area contributed by atoms with Crippen LogP contribution in [0.1, 0.15) is 23.7 Å². The van der Waals surface area contributed by atoms with Crippen LogP contribution in [0.3, 0.4) is 0 Å². The largest absolute Gasteiger partial charge is 0.388 e. The van der Waals surface area contributed by atoms with Gasteiger partial charge in [0, 0.05) is 18.1 Å². The normalized spacial score (nSPS) is 27.4. The number of carbonyl (C=O) groups excluding carboxylic acids is 1. The van der Waals surface area contributed by atoms with Crippen molar-refractivity contribution in [1.82, 2.24) is 4.90 Å². The average Bonchev–Trinajstić information content (AvgIpc) is 2.35. The van der Waals surface area contributed by atoms with Gasteiger partial charge in [-0.1, -0.05) is 11.6 Å². The van der Waals surface area contributed by atoms with E-state index in [1.807, 2.05) is 0 Å². The lowest BCUT2D eigenvalue weighted by atomic mass is 9.90. The Morgan fingerprint density at radius 1 is 1.58 bits per heavy atom. The second kappa shape index (κ2) is 5.07. The van der Waals surface area contributed by atoms with Gasteiger partial charge in [0.15, 0.2) is 0 Å². The minimum absolute atomic E-state index is 0.0300. The van der Waals surface area contributed by atoms with E-state index in [4.69, 9.17) is 11.6 Å². The maximum Gasteiger partial charge on any atom is 0.256 e. The molecule has 1 aromatic carbocycles. The number of rotatable bonds is 1. The van der Waals surface area contributed by atoms with E-state index in [9.17, 15) is 19.4 Å². The van der Waals surface area contributed by atoms with Crippen molar-refractivity contribution in [2.75, 3.05) is 13.1 Å². The maximum absolute atomic E-state index is 13.6. The lowest BCUT2D eigenvalue weighted by molar-refractivity contribution is -0.0999. The molecule has 0 radical (unpaired) electrons. The van der Waals surface area contributed by atoms with Crippen LogP contribution in [0, 0.1) is 5.82 Å². The molecule has 104 valence electrons. The molecule has 6 heteroatoms. The van der Waals surface area contributed by atoms with E-state index in [0.29, 0.717) is 0 Å². The molecule has 2 atom stereocenters. The van der Waals surface area contributed by atoms with Crippen LogP contribution in [0.25, 0.3) is 0 Å². The molecule has 0 unspecified atom stereocenters. The zero-order chi connectivity index (χ0) is 14.2. The van der Waals surface area contributed by atoms with Crippen molar-refractivity contribution in [3.05, 3.63) is 34.6 Å². The molecule has 0 saturated carbocycles. The van der Waals surface area contributed by atoms with E-state index in [-0.39, 0.29) is 30.1 Å². The lowest BCUT2D eigenvalue weighted by Gasteiger charge is -2.39. The molecule has 4 nitrogen and oxygen atoms in total. The maximum atomic E-state index is 13.6. The van der Waals surface area contributed by atoms with Crippen LogP contribution in [-0.2, 0) is 0 Å². The zero-order valence-electron chi connectivity index (χ0n) is 10.4. The van der Waals surface area contributed by atoms with Gasteiger partial charge in [-0.3, -0.25) is 4.79 Å². The van der Waals surface area contributed by atoms with Gasteiger partial charge in [0.1, 0.15) is 5.82 Å². The Kier molecular flexibility index (Phi) is 3.80. The number of carbonyl (C=O) groups is 1. The number of aliphatic hydroxyl groups excluding tert-OH is 1. The predicted octanol–water partition coefficient (Wildman–Crippen LogP) is 1.44. The second-order valence-electron chi connectivity index (χ2n) is 5.00. The van der Waals surface area contributed by atoms with Crippen molar-refractivity contribution >= 4 is 17.5 Å². The Bertz CT molecular complexity index is 507. The van der Waals surface area contributed by atoms with Crippen LogP contribution in [-0.4, -0.2) is 45.8 Å². The summed E-state index contributed by atoms with van der Waals surface area (Å²) in [5, 5.41) is 19.9. The molecule has 1 aliphatic rings. The topological polar surface area (TPSA) is 60.8 Å². The van der Waals surface area contributed by atoms with E-state index in [0.717, 1.165) is 6.07 Å². The van der Waals surface area contributed by atoms with Gasteiger partial charge in [-0.25, -0.2) is 4.39 Å². The quantitative estimate of drug-likeness (QED) is 0.822. The number of likely N-dealkylation sites (tertiary alicyclic amines) is 1. The summed E-state index contributed by atoms with van der Waals surface area (Å²) in [7, 11) is 0. The summed E-state index contributed by atoms with van der Waals surface area (Å²) in [6.07, 6.45) is -0.810. The number of halogens is 2. The highest BCUT2D eigenvalue weighted by atomic mass is 35.5. The van der Waals surface area contributed by atoms with Gasteiger partial charge >= 0.3 is 0 Å². The van der Waals surface area contributed by atoms with Crippen LogP contribution in [0.4, 0.5) is 4.39 Å². The minimum atomic E-state index is -1.22. The highest BCUT2D eigenvalue weighted by Gasteiger charge is 2.38. The van der Waals surface area contributed by atoms with Gasteiger partial charge in [-0.15, -0.1) is 0 Å². The number of β-amino-alcohol motifs (C(OH)–C–C–N with tert-alkyl or cyclic N) is 1. The molecule has 0 aromatic heterocycles. The van der Waals surface area contributed by atoms with Crippen molar-refractivity contribution in [3.63, 3.8) is 0 Å². The summed E-state index contributed by atoms with van der Waals surface area (Å²) in [5.41, 5.74) is -1.34. The minimum Gasteiger partial charge on any atom is -0.388 e. The molecule has 19 heavy (non-hydrogen) atoms. The fourth-order valence-electron chi connectivity index (χ4n) is 2.04. The monoisotopic (exact) mass is 287 g/mol. The molecule has 0 spiro atoms. The first kappa shape index (κ1) is 14.2. The first-order chi connectivity index (χ1) is 8.81. The molecule has 0 aliphatic carbocycles. The molecule has 1 heterocycles. The molecule has 2 N–H and O–H groups in total. The van der Waals surface area contributed by atoms with Crippen LogP contribution in [0.2, 0.25) is 5.02 Å².